The summed E-state index contributed by atoms with van der Waals surface area (Å²) in [6.45, 7) is 14.2. The van der Waals surface area contributed by atoms with Crippen molar-refractivity contribution in [3.8, 4) is 0 Å². The van der Waals surface area contributed by atoms with Gasteiger partial charge in [-0.15, -0.1) is 0 Å². The van der Waals surface area contributed by atoms with Gasteiger partial charge in [-0.25, -0.2) is 0 Å². The van der Waals surface area contributed by atoms with E-state index in [1.165, 1.54) is 12.8 Å². The first-order valence-electron chi connectivity index (χ1n) is 7.10. The van der Waals surface area contributed by atoms with Gasteiger partial charge in [0.05, 0.1) is 6.61 Å². The molecule has 0 aromatic rings. The SMILES string of the molecule is CCNC(C)C(C)N(CCOC)C(CC)CC. The fraction of sp³-hybridized carbons (Fsp3) is 1.00. The Hall–Kier alpha value is -0.120. The third-order valence-corrected chi connectivity index (χ3v) is 3.74. The molecule has 0 fully saturated rings. The summed E-state index contributed by atoms with van der Waals surface area (Å²) in [7, 11) is 1.78. The van der Waals surface area contributed by atoms with Crippen LogP contribution in [0.5, 0.6) is 0 Å². The predicted octanol–water partition coefficient (Wildman–Crippen LogP) is 2.51. The number of nitrogens with zero attached hydrogens (tertiary/aromatic N) is 1. The fourth-order valence-corrected chi connectivity index (χ4v) is 2.45. The molecule has 17 heavy (non-hydrogen) atoms. The normalized spacial score (nSPS) is 15.5. The van der Waals surface area contributed by atoms with E-state index in [9.17, 15) is 0 Å². The topological polar surface area (TPSA) is 24.5 Å². The van der Waals surface area contributed by atoms with Crippen molar-refractivity contribution in [2.24, 2.45) is 0 Å². The molecule has 0 saturated carbocycles. The Labute approximate surface area is 108 Å². The zero-order chi connectivity index (χ0) is 13.3. The predicted molar refractivity (Wildman–Crippen MR) is 75.6 cm³/mol. The molecule has 1 N–H and O–H groups in total. The molecule has 0 heterocycles. The second kappa shape index (κ2) is 9.86. The van der Waals surface area contributed by atoms with E-state index in [1.54, 1.807) is 7.11 Å². The second-order valence-corrected chi connectivity index (χ2v) is 4.79. The first-order chi connectivity index (χ1) is 8.12. The van der Waals surface area contributed by atoms with Gasteiger partial charge in [-0.05, 0) is 33.2 Å². The van der Waals surface area contributed by atoms with Gasteiger partial charge in [-0.2, -0.15) is 0 Å². The van der Waals surface area contributed by atoms with Gasteiger partial charge in [0.15, 0.2) is 0 Å². The fourth-order valence-electron chi connectivity index (χ4n) is 2.45. The number of rotatable bonds is 10. The summed E-state index contributed by atoms with van der Waals surface area (Å²) in [6.07, 6.45) is 2.42. The molecule has 104 valence electrons. The van der Waals surface area contributed by atoms with Crippen molar-refractivity contribution in [3.05, 3.63) is 0 Å². The largest absolute Gasteiger partial charge is 0.383 e. The average Bonchev–Trinajstić information content (AvgIpc) is 2.34. The lowest BCUT2D eigenvalue weighted by atomic mass is 10.0. The molecule has 0 spiro atoms. The van der Waals surface area contributed by atoms with E-state index < -0.39 is 0 Å². The van der Waals surface area contributed by atoms with Crippen LogP contribution in [-0.4, -0.2) is 49.8 Å². The van der Waals surface area contributed by atoms with Gasteiger partial charge in [0.25, 0.3) is 0 Å². The molecule has 0 saturated heterocycles. The molecular formula is C14H32N2O. The van der Waals surface area contributed by atoms with Crippen LogP contribution in [0, 0.1) is 0 Å². The third kappa shape index (κ3) is 5.84. The summed E-state index contributed by atoms with van der Waals surface area (Å²) in [5.41, 5.74) is 0. The second-order valence-electron chi connectivity index (χ2n) is 4.79. The van der Waals surface area contributed by atoms with Gasteiger partial charge >= 0.3 is 0 Å². The van der Waals surface area contributed by atoms with Crippen LogP contribution < -0.4 is 5.32 Å². The first-order valence-corrected chi connectivity index (χ1v) is 7.10. The molecule has 0 aromatic carbocycles. The number of methoxy groups -OCH3 is 1. The summed E-state index contributed by atoms with van der Waals surface area (Å²) < 4.78 is 5.24. The van der Waals surface area contributed by atoms with Crippen LogP contribution in [0.2, 0.25) is 0 Å². The maximum Gasteiger partial charge on any atom is 0.0589 e. The highest BCUT2D eigenvalue weighted by atomic mass is 16.5. The van der Waals surface area contributed by atoms with Crippen molar-refractivity contribution in [2.75, 3.05) is 26.8 Å². The summed E-state index contributed by atoms with van der Waals surface area (Å²) in [5, 5.41) is 3.52. The Balaban J connectivity index is 4.52. The van der Waals surface area contributed by atoms with Gasteiger partial charge in [0, 0.05) is 31.8 Å². The van der Waals surface area contributed by atoms with E-state index in [-0.39, 0.29) is 0 Å². The van der Waals surface area contributed by atoms with Crippen LogP contribution in [-0.2, 0) is 4.74 Å². The highest BCUT2D eigenvalue weighted by Crippen LogP contribution is 2.14. The Morgan fingerprint density at radius 1 is 1.12 bits per heavy atom. The molecule has 0 aromatic heterocycles. The van der Waals surface area contributed by atoms with E-state index in [0.29, 0.717) is 18.1 Å². The van der Waals surface area contributed by atoms with Gasteiger partial charge in [0.2, 0.25) is 0 Å². The number of nitrogens with one attached hydrogen (secondary N) is 1. The van der Waals surface area contributed by atoms with Crippen LogP contribution in [0.1, 0.15) is 47.5 Å². The van der Waals surface area contributed by atoms with Crippen molar-refractivity contribution < 1.29 is 4.74 Å². The number of ether oxygens (including phenoxy) is 1. The lowest BCUT2D eigenvalue weighted by molar-refractivity contribution is 0.0726. The van der Waals surface area contributed by atoms with Crippen LogP contribution in [0.3, 0.4) is 0 Å². The molecule has 2 unspecified atom stereocenters. The number of hydrogen-bond acceptors (Lipinski definition) is 3. The molecule has 0 rings (SSSR count). The molecule has 0 aliphatic carbocycles. The minimum absolute atomic E-state index is 0.525. The summed E-state index contributed by atoms with van der Waals surface area (Å²) in [6, 6.07) is 1.74. The molecule has 2 atom stereocenters. The Bertz CT molecular complexity index is 172. The molecule has 0 amide bonds. The molecule has 0 aliphatic heterocycles. The molecule has 3 nitrogen and oxygen atoms in total. The van der Waals surface area contributed by atoms with E-state index in [1.807, 2.05) is 0 Å². The zero-order valence-electron chi connectivity index (χ0n) is 12.6. The highest BCUT2D eigenvalue weighted by molar-refractivity contribution is 4.82. The Kier molecular flexibility index (Phi) is 9.79. The first kappa shape index (κ1) is 16.9. The van der Waals surface area contributed by atoms with Crippen molar-refractivity contribution in [2.45, 2.75) is 65.6 Å². The van der Waals surface area contributed by atoms with Crippen LogP contribution in [0.4, 0.5) is 0 Å². The molecule has 0 bridgehead atoms. The van der Waals surface area contributed by atoms with Gasteiger partial charge in [-0.3, -0.25) is 4.90 Å². The summed E-state index contributed by atoms with van der Waals surface area (Å²) in [5.74, 6) is 0. The maximum absolute atomic E-state index is 5.24. The minimum atomic E-state index is 0.525. The minimum Gasteiger partial charge on any atom is -0.383 e. The molecule has 0 radical (unpaired) electrons. The van der Waals surface area contributed by atoms with Gasteiger partial charge in [0.1, 0.15) is 0 Å². The van der Waals surface area contributed by atoms with E-state index in [4.69, 9.17) is 4.74 Å². The monoisotopic (exact) mass is 244 g/mol. The van der Waals surface area contributed by atoms with Crippen LogP contribution in [0.25, 0.3) is 0 Å². The van der Waals surface area contributed by atoms with Crippen molar-refractivity contribution in [3.63, 3.8) is 0 Å². The third-order valence-electron chi connectivity index (χ3n) is 3.74. The molecule has 0 aliphatic rings. The van der Waals surface area contributed by atoms with Crippen LogP contribution >= 0.6 is 0 Å². The smallest absolute Gasteiger partial charge is 0.0589 e. The van der Waals surface area contributed by atoms with Crippen molar-refractivity contribution in [1.82, 2.24) is 10.2 Å². The van der Waals surface area contributed by atoms with Crippen molar-refractivity contribution >= 4 is 0 Å². The zero-order valence-corrected chi connectivity index (χ0v) is 12.6. The van der Waals surface area contributed by atoms with E-state index in [2.05, 4.69) is 44.8 Å². The summed E-state index contributed by atoms with van der Waals surface area (Å²) in [4.78, 5) is 2.59. The van der Waals surface area contributed by atoms with Crippen molar-refractivity contribution in [1.29, 1.82) is 0 Å². The van der Waals surface area contributed by atoms with Gasteiger partial charge < -0.3 is 10.1 Å². The molecule has 3 heteroatoms. The van der Waals surface area contributed by atoms with Crippen LogP contribution in [0.15, 0.2) is 0 Å². The quantitative estimate of drug-likeness (QED) is 0.639. The lowest BCUT2D eigenvalue weighted by Crippen LogP contribution is -2.51. The van der Waals surface area contributed by atoms with E-state index >= 15 is 0 Å². The Morgan fingerprint density at radius 3 is 2.12 bits per heavy atom. The summed E-state index contributed by atoms with van der Waals surface area (Å²) >= 11 is 0. The maximum atomic E-state index is 5.24. The standard InChI is InChI=1S/C14H32N2O/c1-7-14(8-2)16(10-11-17-6)13(5)12(4)15-9-3/h12-15H,7-11H2,1-6H3. The number of hydrogen-bond donors (Lipinski definition) is 1. The van der Waals surface area contributed by atoms with E-state index in [0.717, 1.165) is 19.7 Å². The molecular weight excluding hydrogens is 212 g/mol. The highest BCUT2D eigenvalue weighted by Gasteiger charge is 2.24. The van der Waals surface area contributed by atoms with Gasteiger partial charge in [-0.1, -0.05) is 20.8 Å². The number of likely N-dealkylation sites (N-methyl/N-ethyl adjacent to an activating group) is 1. The lowest BCUT2D eigenvalue weighted by Gasteiger charge is -2.38. The Morgan fingerprint density at radius 2 is 1.71 bits per heavy atom. The average molecular weight is 244 g/mol.